The predicted molar refractivity (Wildman–Crippen MR) is 97.0 cm³/mol. The number of nitrogens with zero attached hydrogens (tertiary/aromatic N) is 3. The highest BCUT2D eigenvalue weighted by molar-refractivity contribution is 7.09. The van der Waals surface area contributed by atoms with Gasteiger partial charge in [0.1, 0.15) is 0 Å². The van der Waals surface area contributed by atoms with Crippen molar-refractivity contribution in [2.45, 2.75) is 58.4 Å². The molecule has 0 N–H and O–H groups in total. The van der Waals surface area contributed by atoms with E-state index in [0.29, 0.717) is 17.2 Å². The minimum absolute atomic E-state index is 0.316. The first-order valence-electron chi connectivity index (χ1n) is 9.56. The Morgan fingerprint density at radius 1 is 1.25 bits per heavy atom. The number of carbonyl (C=O) groups excluding carboxylic acids is 1. The summed E-state index contributed by atoms with van der Waals surface area (Å²) >= 11 is 1.75. The molecule has 2 aliphatic heterocycles. The van der Waals surface area contributed by atoms with E-state index in [4.69, 9.17) is 0 Å². The lowest BCUT2D eigenvalue weighted by molar-refractivity contribution is -0.134. The number of piperidine rings is 1. The van der Waals surface area contributed by atoms with E-state index in [1.807, 2.05) is 0 Å². The molecule has 3 fully saturated rings. The lowest BCUT2D eigenvalue weighted by atomic mass is 9.76. The van der Waals surface area contributed by atoms with Crippen molar-refractivity contribution in [1.29, 1.82) is 0 Å². The van der Waals surface area contributed by atoms with Crippen molar-refractivity contribution < 1.29 is 4.79 Å². The first-order valence-corrected chi connectivity index (χ1v) is 10.4. The second-order valence-corrected chi connectivity index (χ2v) is 9.17. The van der Waals surface area contributed by atoms with Gasteiger partial charge in [0, 0.05) is 30.9 Å². The molecule has 1 aromatic heterocycles. The Hall–Kier alpha value is -0.940. The molecular weight excluding hydrogens is 318 g/mol. The van der Waals surface area contributed by atoms with Crippen LogP contribution >= 0.6 is 11.3 Å². The van der Waals surface area contributed by atoms with E-state index < -0.39 is 0 Å². The van der Waals surface area contributed by atoms with Crippen molar-refractivity contribution >= 4 is 17.2 Å². The summed E-state index contributed by atoms with van der Waals surface area (Å²) in [7, 11) is 0. The van der Waals surface area contributed by atoms with Gasteiger partial charge in [0.15, 0.2) is 0 Å². The van der Waals surface area contributed by atoms with E-state index in [2.05, 4.69) is 27.1 Å². The Kier molecular flexibility index (Phi) is 4.65. The van der Waals surface area contributed by atoms with Crippen molar-refractivity contribution in [2.75, 3.05) is 26.2 Å². The van der Waals surface area contributed by atoms with Crippen LogP contribution in [0.2, 0.25) is 0 Å². The van der Waals surface area contributed by atoms with E-state index in [1.165, 1.54) is 50.9 Å². The molecule has 3 heterocycles. The normalized spacial score (nSPS) is 27.2. The van der Waals surface area contributed by atoms with Crippen molar-refractivity contribution in [3.05, 3.63) is 16.1 Å². The third kappa shape index (κ3) is 3.38. The van der Waals surface area contributed by atoms with E-state index >= 15 is 0 Å². The summed E-state index contributed by atoms with van der Waals surface area (Å²) in [5.74, 6) is 0.778. The lowest BCUT2D eigenvalue weighted by Crippen LogP contribution is -2.39. The highest BCUT2D eigenvalue weighted by atomic mass is 32.1. The van der Waals surface area contributed by atoms with Crippen LogP contribution in [0.15, 0.2) is 5.38 Å². The number of carbonyl (C=O) groups is 1. The zero-order valence-corrected chi connectivity index (χ0v) is 15.6. The number of hydrogen-bond donors (Lipinski definition) is 0. The summed E-state index contributed by atoms with van der Waals surface area (Å²) in [5.41, 5.74) is 1.68. The summed E-state index contributed by atoms with van der Waals surface area (Å²) in [6.45, 7) is 7.42. The fraction of sp³-hybridized carbons (Fsp3) is 0.789. The molecule has 3 aliphatic rings. The summed E-state index contributed by atoms with van der Waals surface area (Å²) < 4.78 is 0. The van der Waals surface area contributed by atoms with Crippen LogP contribution in [0.1, 0.15) is 55.6 Å². The largest absolute Gasteiger partial charge is 0.342 e. The Morgan fingerprint density at radius 3 is 2.67 bits per heavy atom. The van der Waals surface area contributed by atoms with E-state index in [-0.39, 0.29) is 0 Å². The summed E-state index contributed by atoms with van der Waals surface area (Å²) in [6.07, 6.45) is 8.47. The molecule has 1 aromatic rings. The first kappa shape index (κ1) is 16.5. The number of likely N-dealkylation sites (tertiary alicyclic amines) is 2. The van der Waals surface area contributed by atoms with E-state index in [1.54, 1.807) is 11.3 Å². The van der Waals surface area contributed by atoms with Gasteiger partial charge in [0.05, 0.1) is 10.7 Å². The molecule has 1 spiro atoms. The minimum atomic E-state index is 0.316. The molecule has 2 saturated heterocycles. The average molecular weight is 348 g/mol. The van der Waals surface area contributed by atoms with Crippen LogP contribution in [0.25, 0.3) is 0 Å². The maximum absolute atomic E-state index is 12.7. The van der Waals surface area contributed by atoms with Gasteiger partial charge in [-0.25, -0.2) is 4.98 Å². The van der Waals surface area contributed by atoms with Gasteiger partial charge in [-0.1, -0.05) is 0 Å². The van der Waals surface area contributed by atoms with Crippen LogP contribution in [-0.2, 0) is 11.3 Å². The SMILES string of the molecule is Cc1nc(CN2CCC3(CC[C@@H](C(=O)N4CCCC4)C3)CC2)cs1. The Morgan fingerprint density at radius 2 is 2.00 bits per heavy atom. The number of thiazole rings is 1. The Balaban J connectivity index is 1.29. The van der Waals surface area contributed by atoms with Crippen LogP contribution in [0.4, 0.5) is 0 Å². The molecule has 24 heavy (non-hydrogen) atoms. The zero-order chi connectivity index (χ0) is 16.6. The van der Waals surface area contributed by atoms with Crippen LogP contribution < -0.4 is 0 Å². The van der Waals surface area contributed by atoms with Crippen LogP contribution in [-0.4, -0.2) is 46.9 Å². The number of hydrogen-bond acceptors (Lipinski definition) is 4. The standard InChI is InChI=1S/C19H29N3OS/c1-15-20-17(14-24-15)13-21-10-6-19(7-11-21)5-4-16(12-19)18(23)22-8-2-3-9-22/h14,16H,2-13H2,1H3/t16-/m1/s1. The maximum atomic E-state index is 12.7. The number of amides is 1. The molecule has 0 unspecified atom stereocenters. The third-order valence-corrected chi connectivity index (χ3v) is 7.26. The fourth-order valence-electron chi connectivity index (χ4n) is 4.96. The Bertz CT molecular complexity index is 585. The second-order valence-electron chi connectivity index (χ2n) is 8.11. The molecule has 4 rings (SSSR count). The average Bonchev–Trinajstić information content (AvgIpc) is 3.31. The molecular formula is C19H29N3OS. The van der Waals surface area contributed by atoms with Gasteiger partial charge in [-0.3, -0.25) is 9.69 Å². The van der Waals surface area contributed by atoms with Gasteiger partial charge in [-0.2, -0.15) is 0 Å². The van der Waals surface area contributed by atoms with Crippen molar-refractivity contribution in [1.82, 2.24) is 14.8 Å². The quantitative estimate of drug-likeness (QED) is 0.840. The van der Waals surface area contributed by atoms with Crippen LogP contribution in [0.5, 0.6) is 0 Å². The van der Waals surface area contributed by atoms with Crippen molar-refractivity contribution in [2.24, 2.45) is 11.3 Å². The Labute approximate surface area is 149 Å². The van der Waals surface area contributed by atoms with Gasteiger partial charge < -0.3 is 4.90 Å². The smallest absolute Gasteiger partial charge is 0.225 e. The lowest BCUT2D eigenvalue weighted by Gasteiger charge is -2.39. The van der Waals surface area contributed by atoms with E-state index in [0.717, 1.165) is 37.5 Å². The fourth-order valence-corrected chi connectivity index (χ4v) is 5.57. The molecule has 0 aromatic carbocycles. The van der Waals surface area contributed by atoms with Gasteiger partial charge in [0.2, 0.25) is 5.91 Å². The van der Waals surface area contributed by atoms with Crippen LogP contribution in [0, 0.1) is 18.3 Å². The molecule has 1 saturated carbocycles. The highest BCUT2D eigenvalue weighted by Crippen LogP contribution is 2.49. The second kappa shape index (κ2) is 6.75. The van der Waals surface area contributed by atoms with Gasteiger partial charge >= 0.3 is 0 Å². The van der Waals surface area contributed by atoms with Gasteiger partial charge in [0.25, 0.3) is 0 Å². The molecule has 0 bridgehead atoms. The van der Waals surface area contributed by atoms with Crippen LogP contribution in [0.3, 0.4) is 0 Å². The zero-order valence-electron chi connectivity index (χ0n) is 14.8. The molecule has 5 heteroatoms. The summed E-state index contributed by atoms with van der Waals surface area (Å²) in [6, 6.07) is 0. The predicted octanol–water partition coefficient (Wildman–Crippen LogP) is 3.46. The molecule has 132 valence electrons. The maximum Gasteiger partial charge on any atom is 0.225 e. The topological polar surface area (TPSA) is 36.4 Å². The van der Waals surface area contributed by atoms with Crippen molar-refractivity contribution in [3.8, 4) is 0 Å². The monoisotopic (exact) mass is 347 g/mol. The molecule has 4 nitrogen and oxygen atoms in total. The van der Waals surface area contributed by atoms with Crippen molar-refractivity contribution in [3.63, 3.8) is 0 Å². The molecule has 1 amide bonds. The minimum Gasteiger partial charge on any atom is -0.342 e. The highest BCUT2D eigenvalue weighted by Gasteiger charge is 2.44. The van der Waals surface area contributed by atoms with Gasteiger partial charge in [-0.15, -0.1) is 11.3 Å². The third-order valence-electron chi connectivity index (χ3n) is 6.44. The van der Waals surface area contributed by atoms with E-state index in [9.17, 15) is 4.79 Å². The number of aryl methyl sites for hydroxylation is 1. The van der Waals surface area contributed by atoms with Gasteiger partial charge in [-0.05, 0) is 70.4 Å². The number of aromatic nitrogens is 1. The summed E-state index contributed by atoms with van der Waals surface area (Å²) in [4.78, 5) is 22.0. The molecule has 1 atom stereocenters. The number of rotatable bonds is 3. The summed E-state index contributed by atoms with van der Waals surface area (Å²) in [5, 5.41) is 3.36. The first-order chi connectivity index (χ1) is 11.6. The molecule has 1 aliphatic carbocycles. The molecule has 0 radical (unpaired) electrons.